The van der Waals surface area contributed by atoms with Crippen LogP contribution in [0.15, 0.2) is 24.3 Å². The maximum Gasteiger partial charge on any atom is 0.322 e. The predicted molar refractivity (Wildman–Crippen MR) is 90.3 cm³/mol. The molecule has 1 aromatic rings. The highest BCUT2D eigenvalue weighted by molar-refractivity contribution is 7.98. The first-order valence-electron chi connectivity index (χ1n) is 7.25. The molecule has 0 saturated carbocycles. The zero-order chi connectivity index (χ0) is 16.7. The summed E-state index contributed by atoms with van der Waals surface area (Å²) >= 11 is 7.60. The summed E-state index contributed by atoms with van der Waals surface area (Å²) in [5, 5.41) is 8.10. The van der Waals surface area contributed by atoms with Crippen LogP contribution in [0.4, 0.5) is 4.79 Å². The van der Waals surface area contributed by atoms with Crippen LogP contribution in [0.3, 0.4) is 0 Å². The summed E-state index contributed by atoms with van der Waals surface area (Å²) in [6.07, 6.45) is 0.458. The Kier molecular flexibility index (Phi) is 6.73. The van der Waals surface area contributed by atoms with Gasteiger partial charge in [-0.15, -0.1) is 0 Å². The van der Waals surface area contributed by atoms with Gasteiger partial charge in [0.05, 0.1) is 0 Å². The van der Waals surface area contributed by atoms with E-state index in [0.717, 1.165) is 17.1 Å². The molecule has 0 aromatic heterocycles. The molecule has 6 nitrogen and oxygen atoms in total. The van der Waals surface area contributed by atoms with Crippen molar-refractivity contribution in [3.63, 3.8) is 0 Å². The van der Waals surface area contributed by atoms with Crippen molar-refractivity contribution in [2.75, 3.05) is 12.3 Å². The summed E-state index contributed by atoms with van der Waals surface area (Å²) in [6, 6.07) is 6.36. The SMILES string of the molecule is O=C1CCC(C(=O)NCCSCc2cccc(Cl)c2)NC(=O)N1. The first kappa shape index (κ1) is 17.6. The minimum Gasteiger partial charge on any atom is -0.353 e. The first-order chi connectivity index (χ1) is 11.0. The molecule has 1 fully saturated rings. The zero-order valence-electron chi connectivity index (χ0n) is 12.4. The molecule has 3 N–H and O–H groups in total. The number of hydrogen-bond donors (Lipinski definition) is 3. The average Bonchev–Trinajstić information content (AvgIpc) is 2.67. The highest BCUT2D eigenvalue weighted by Gasteiger charge is 2.25. The van der Waals surface area contributed by atoms with E-state index in [2.05, 4.69) is 16.0 Å². The molecule has 1 unspecified atom stereocenters. The van der Waals surface area contributed by atoms with Gasteiger partial charge in [0, 0.05) is 29.5 Å². The van der Waals surface area contributed by atoms with Gasteiger partial charge in [0.25, 0.3) is 0 Å². The summed E-state index contributed by atoms with van der Waals surface area (Å²) in [4.78, 5) is 34.5. The minimum atomic E-state index is -0.667. The van der Waals surface area contributed by atoms with E-state index in [9.17, 15) is 14.4 Å². The lowest BCUT2D eigenvalue weighted by Gasteiger charge is -2.14. The number of imide groups is 1. The van der Waals surface area contributed by atoms with E-state index in [-0.39, 0.29) is 18.2 Å². The van der Waals surface area contributed by atoms with E-state index in [1.165, 1.54) is 0 Å². The van der Waals surface area contributed by atoms with Crippen molar-refractivity contribution in [2.45, 2.75) is 24.6 Å². The highest BCUT2D eigenvalue weighted by atomic mass is 35.5. The second-order valence-electron chi connectivity index (χ2n) is 5.09. The Morgan fingerprint density at radius 3 is 3.00 bits per heavy atom. The third-order valence-electron chi connectivity index (χ3n) is 3.24. The van der Waals surface area contributed by atoms with Crippen molar-refractivity contribution in [1.82, 2.24) is 16.0 Å². The summed E-state index contributed by atoms with van der Waals surface area (Å²) in [5.41, 5.74) is 1.13. The molecule has 0 spiro atoms. The molecular formula is C15H18ClN3O3S. The van der Waals surface area contributed by atoms with Crippen LogP contribution in [0.5, 0.6) is 0 Å². The second-order valence-corrected chi connectivity index (χ2v) is 6.63. The Morgan fingerprint density at radius 1 is 1.39 bits per heavy atom. The number of carbonyl (C=O) groups is 3. The average molecular weight is 356 g/mol. The molecule has 1 aliphatic heterocycles. The number of thioether (sulfide) groups is 1. The van der Waals surface area contributed by atoms with Crippen molar-refractivity contribution in [2.24, 2.45) is 0 Å². The van der Waals surface area contributed by atoms with Crippen LogP contribution >= 0.6 is 23.4 Å². The molecule has 124 valence electrons. The molecule has 1 aromatic carbocycles. The van der Waals surface area contributed by atoms with Crippen LogP contribution in [-0.4, -0.2) is 36.2 Å². The Hall–Kier alpha value is -1.73. The van der Waals surface area contributed by atoms with Crippen molar-refractivity contribution < 1.29 is 14.4 Å². The number of nitrogens with one attached hydrogen (secondary N) is 3. The summed E-state index contributed by atoms with van der Waals surface area (Å²) < 4.78 is 0. The van der Waals surface area contributed by atoms with Gasteiger partial charge in [0.1, 0.15) is 6.04 Å². The summed E-state index contributed by atoms with van der Waals surface area (Å²) in [5.74, 6) is 0.929. The first-order valence-corrected chi connectivity index (χ1v) is 8.78. The van der Waals surface area contributed by atoms with E-state index < -0.39 is 12.1 Å². The Labute approximate surface area is 143 Å². The van der Waals surface area contributed by atoms with Gasteiger partial charge in [0.15, 0.2) is 0 Å². The van der Waals surface area contributed by atoms with Crippen LogP contribution in [-0.2, 0) is 15.3 Å². The van der Waals surface area contributed by atoms with Crippen molar-refractivity contribution in [1.29, 1.82) is 0 Å². The lowest BCUT2D eigenvalue weighted by molar-refractivity contribution is -0.123. The Bertz CT molecular complexity index is 597. The lowest BCUT2D eigenvalue weighted by Crippen LogP contribution is -2.48. The predicted octanol–water partition coefficient (Wildman–Crippen LogP) is 1.68. The Morgan fingerprint density at radius 2 is 2.22 bits per heavy atom. The van der Waals surface area contributed by atoms with Gasteiger partial charge < -0.3 is 10.6 Å². The molecule has 1 aliphatic rings. The molecule has 23 heavy (non-hydrogen) atoms. The highest BCUT2D eigenvalue weighted by Crippen LogP contribution is 2.16. The maximum absolute atomic E-state index is 12.0. The van der Waals surface area contributed by atoms with Crippen LogP contribution in [0.1, 0.15) is 18.4 Å². The molecule has 4 amide bonds. The third kappa shape index (κ3) is 6.11. The molecule has 2 rings (SSSR count). The van der Waals surface area contributed by atoms with Gasteiger partial charge in [0.2, 0.25) is 11.8 Å². The fourth-order valence-corrected chi connectivity index (χ4v) is 3.13. The zero-order valence-corrected chi connectivity index (χ0v) is 14.0. The van der Waals surface area contributed by atoms with E-state index >= 15 is 0 Å². The second kappa shape index (κ2) is 8.79. The largest absolute Gasteiger partial charge is 0.353 e. The quantitative estimate of drug-likeness (QED) is 0.677. The van der Waals surface area contributed by atoms with Gasteiger partial charge in [-0.3, -0.25) is 14.9 Å². The number of benzene rings is 1. The minimum absolute atomic E-state index is 0.153. The number of rotatable bonds is 6. The standard InChI is InChI=1S/C15H18ClN3O3S/c16-11-3-1-2-10(8-11)9-23-7-6-17-14(21)12-4-5-13(20)19-15(22)18-12/h1-3,8,12H,4-7,9H2,(H,17,21)(H2,18,19,20,22). The van der Waals surface area contributed by atoms with Gasteiger partial charge >= 0.3 is 6.03 Å². The third-order valence-corrected chi connectivity index (χ3v) is 4.50. The van der Waals surface area contributed by atoms with Gasteiger partial charge in [-0.1, -0.05) is 23.7 Å². The molecule has 0 bridgehead atoms. The van der Waals surface area contributed by atoms with Crippen molar-refractivity contribution in [3.05, 3.63) is 34.9 Å². The number of amides is 4. The summed E-state index contributed by atoms with van der Waals surface area (Å²) in [6.45, 7) is 0.498. The number of hydrogen-bond acceptors (Lipinski definition) is 4. The maximum atomic E-state index is 12.0. The van der Waals surface area contributed by atoms with Crippen LogP contribution in [0.2, 0.25) is 5.02 Å². The van der Waals surface area contributed by atoms with Crippen molar-refractivity contribution in [3.8, 4) is 0 Å². The number of urea groups is 1. The van der Waals surface area contributed by atoms with Gasteiger partial charge in [-0.2, -0.15) is 11.8 Å². The van der Waals surface area contributed by atoms with E-state index in [1.54, 1.807) is 11.8 Å². The molecule has 1 saturated heterocycles. The fraction of sp³-hybridized carbons (Fsp3) is 0.400. The normalized spacial score (nSPS) is 17.9. The molecule has 8 heteroatoms. The van der Waals surface area contributed by atoms with Crippen LogP contribution in [0, 0.1) is 0 Å². The fourth-order valence-electron chi connectivity index (χ4n) is 2.11. The van der Waals surface area contributed by atoms with Crippen LogP contribution < -0.4 is 16.0 Å². The monoisotopic (exact) mass is 355 g/mol. The Balaban J connectivity index is 1.66. The lowest BCUT2D eigenvalue weighted by atomic mass is 10.1. The van der Waals surface area contributed by atoms with E-state index in [1.807, 2.05) is 24.3 Å². The molecule has 1 atom stereocenters. The smallest absolute Gasteiger partial charge is 0.322 e. The van der Waals surface area contributed by atoms with E-state index in [4.69, 9.17) is 11.6 Å². The van der Waals surface area contributed by atoms with Gasteiger partial charge in [-0.25, -0.2) is 4.79 Å². The number of carbonyl (C=O) groups excluding carboxylic acids is 3. The van der Waals surface area contributed by atoms with E-state index in [0.29, 0.717) is 18.0 Å². The van der Waals surface area contributed by atoms with Crippen molar-refractivity contribution >= 4 is 41.2 Å². The summed E-state index contributed by atoms with van der Waals surface area (Å²) in [7, 11) is 0. The topological polar surface area (TPSA) is 87.3 Å². The number of halogens is 1. The van der Waals surface area contributed by atoms with Crippen LogP contribution in [0.25, 0.3) is 0 Å². The van der Waals surface area contributed by atoms with Gasteiger partial charge in [-0.05, 0) is 24.1 Å². The molecule has 0 aliphatic carbocycles. The molecular weight excluding hydrogens is 338 g/mol. The molecule has 0 radical (unpaired) electrons. The molecule has 1 heterocycles.